The fourth-order valence-corrected chi connectivity index (χ4v) is 3.14. The van der Waals surface area contributed by atoms with E-state index < -0.39 is 12.1 Å². The second kappa shape index (κ2) is 5.58. The Balaban J connectivity index is 2.15. The molecule has 1 aliphatic heterocycles. The van der Waals surface area contributed by atoms with Crippen molar-refractivity contribution in [3.63, 3.8) is 0 Å². The van der Waals surface area contributed by atoms with Gasteiger partial charge in [-0.25, -0.2) is 4.79 Å². The van der Waals surface area contributed by atoms with Crippen LogP contribution in [-0.2, 0) is 11.2 Å². The minimum Gasteiger partial charge on any atom is -0.479 e. The van der Waals surface area contributed by atoms with Gasteiger partial charge in [0, 0.05) is 11.1 Å². The minimum absolute atomic E-state index is 0.460. The maximum atomic E-state index is 11.2. The van der Waals surface area contributed by atoms with Crippen LogP contribution in [0.15, 0.2) is 36.4 Å². The van der Waals surface area contributed by atoms with Crippen molar-refractivity contribution in [1.82, 2.24) is 0 Å². The van der Waals surface area contributed by atoms with E-state index >= 15 is 0 Å². The summed E-state index contributed by atoms with van der Waals surface area (Å²) < 4.78 is 5.67. The lowest BCUT2D eigenvalue weighted by Gasteiger charge is -2.26. The monoisotopic (exact) mass is 322 g/mol. The lowest BCUT2D eigenvalue weighted by atomic mass is 9.95. The molecular formula is C16H12Cl2O3. The van der Waals surface area contributed by atoms with Gasteiger partial charge in [0.2, 0.25) is 0 Å². The standard InChI is InChI=1S/C16H12Cl2O3/c17-11-5-2-6-12(18)14(11)10-4-1-3-9-7-8-13(16(19)20)21-15(9)10/h1-6,13H,7-8H2,(H,19,20)/t13-/m1/s1. The van der Waals surface area contributed by atoms with Gasteiger partial charge in [-0.2, -0.15) is 0 Å². The molecular weight excluding hydrogens is 311 g/mol. The van der Waals surface area contributed by atoms with Crippen LogP contribution in [0.25, 0.3) is 11.1 Å². The van der Waals surface area contributed by atoms with Crippen molar-refractivity contribution in [1.29, 1.82) is 0 Å². The second-order valence-electron chi connectivity index (χ2n) is 4.87. The summed E-state index contributed by atoms with van der Waals surface area (Å²) in [6.07, 6.45) is 0.282. The van der Waals surface area contributed by atoms with Gasteiger partial charge in [-0.3, -0.25) is 0 Å². The molecule has 0 aliphatic carbocycles. The molecule has 0 unspecified atom stereocenters. The van der Waals surface area contributed by atoms with Gasteiger partial charge in [0.15, 0.2) is 6.10 Å². The van der Waals surface area contributed by atoms with E-state index in [2.05, 4.69) is 0 Å². The molecule has 0 saturated carbocycles. The summed E-state index contributed by atoms with van der Waals surface area (Å²) in [5, 5.41) is 10.2. The van der Waals surface area contributed by atoms with E-state index in [1.807, 2.05) is 18.2 Å². The molecule has 3 nitrogen and oxygen atoms in total. The molecule has 0 spiro atoms. The van der Waals surface area contributed by atoms with E-state index in [0.29, 0.717) is 34.2 Å². The first-order valence-corrected chi connectivity index (χ1v) is 7.29. The predicted octanol–water partition coefficient (Wildman–Crippen LogP) is 4.44. The molecule has 0 saturated heterocycles. The Labute approximate surface area is 132 Å². The fourth-order valence-electron chi connectivity index (χ4n) is 2.53. The van der Waals surface area contributed by atoms with Crippen LogP contribution in [0.5, 0.6) is 5.75 Å². The zero-order valence-corrected chi connectivity index (χ0v) is 12.5. The number of carboxylic acids is 1. The normalized spacial score (nSPS) is 17.0. The van der Waals surface area contributed by atoms with E-state index in [0.717, 1.165) is 11.1 Å². The average Bonchev–Trinajstić information content (AvgIpc) is 2.46. The molecule has 2 aromatic rings. The fraction of sp³-hybridized carbons (Fsp3) is 0.188. The average molecular weight is 323 g/mol. The summed E-state index contributed by atoms with van der Waals surface area (Å²) in [5.41, 5.74) is 2.37. The SMILES string of the molecule is O=C(O)[C@H]1CCc2cccc(-c3c(Cl)cccc3Cl)c2O1. The lowest BCUT2D eigenvalue weighted by Crippen LogP contribution is -2.31. The molecule has 1 heterocycles. The number of hydrogen-bond acceptors (Lipinski definition) is 2. The zero-order chi connectivity index (χ0) is 15.0. The van der Waals surface area contributed by atoms with Crippen molar-refractivity contribution in [3.8, 4) is 16.9 Å². The Bertz CT molecular complexity index is 692. The van der Waals surface area contributed by atoms with Gasteiger partial charge in [-0.15, -0.1) is 0 Å². The summed E-state index contributed by atoms with van der Waals surface area (Å²) in [5.74, 6) is -0.396. The van der Waals surface area contributed by atoms with Gasteiger partial charge in [0.25, 0.3) is 0 Å². The van der Waals surface area contributed by atoms with E-state index in [1.54, 1.807) is 18.2 Å². The zero-order valence-electron chi connectivity index (χ0n) is 11.0. The first-order chi connectivity index (χ1) is 10.1. The Morgan fingerprint density at radius 1 is 1.14 bits per heavy atom. The lowest BCUT2D eigenvalue weighted by molar-refractivity contribution is -0.145. The summed E-state index contributed by atoms with van der Waals surface area (Å²) in [6, 6.07) is 10.9. The van der Waals surface area contributed by atoms with E-state index in [-0.39, 0.29) is 0 Å². The Hall–Kier alpha value is -1.71. The van der Waals surface area contributed by atoms with E-state index in [4.69, 9.17) is 33.0 Å². The van der Waals surface area contributed by atoms with Gasteiger partial charge < -0.3 is 9.84 Å². The number of benzene rings is 2. The molecule has 1 N–H and O–H groups in total. The largest absolute Gasteiger partial charge is 0.479 e. The highest BCUT2D eigenvalue weighted by molar-refractivity contribution is 6.39. The summed E-state index contributed by atoms with van der Waals surface area (Å²) in [6.45, 7) is 0. The highest BCUT2D eigenvalue weighted by atomic mass is 35.5. The molecule has 1 aliphatic rings. The number of carboxylic acid groups (broad SMARTS) is 1. The molecule has 5 heteroatoms. The van der Waals surface area contributed by atoms with Crippen LogP contribution in [0.1, 0.15) is 12.0 Å². The molecule has 21 heavy (non-hydrogen) atoms. The topological polar surface area (TPSA) is 46.5 Å². The number of fused-ring (bicyclic) bond motifs is 1. The van der Waals surface area contributed by atoms with Crippen molar-refractivity contribution in [3.05, 3.63) is 52.0 Å². The second-order valence-corrected chi connectivity index (χ2v) is 5.69. The molecule has 0 aromatic heterocycles. The van der Waals surface area contributed by atoms with Gasteiger partial charge in [0.1, 0.15) is 5.75 Å². The molecule has 1 atom stereocenters. The highest BCUT2D eigenvalue weighted by Gasteiger charge is 2.28. The summed E-state index contributed by atoms with van der Waals surface area (Å²) in [7, 11) is 0. The van der Waals surface area contributed by atoms with Gasteiger partial charge >= 0.3 is 5.97 Å². The third kappa shape index (κ3) is 2.59. The number of aliphatic carboxylic acids is 1. The predicted molar refractivity (Wildman–Crippen MR) is 82.3 cm³/mol. The van der Waals surface area contributed by atoms with Crippen LogP contribution < -0.4 is 4.74 Å². The smallest absolute Gasteiger partial charge is 0.344 e. The molecule has 0 bridgehead atoms. The van der Waals surface area contributed by atoms with Gasteiger partial charge in [0.05, 0.1) is 10.0 Å². The number of hydrogen-bond donors (Lipinski definition) is 1. The van der Waals surface area contributed by atoms with Crippen LogP contribution in [0.4, 0.5) is 0 Å². The number of ether oxygens (including phenoxy) is 1. The van der Waals surface area contributed by atoms with Crippen LogP contribution >= 0.6 is 23.2 Å². The Morgan fingerprint density at radius 3 is 2.48 bits per heavy atom. The number of para-hydroxylation sites is 1. The number of aryl methyl sites for hydroxylation is 1. The van der Waals surface area contributed by atoms with Crippen molar-refractivity contribution in [2.75, 3.05) is 0 Å². The first-order valence-electron chi connectivity index (χ1n) is 6.53. The van der Waals surface area contributed by atoms with Crippen molar-refractivity contribution in [2.24, 2.45) is 0 Å². The third-order valence-electron chi connectivity index (χ3n) is 3.54. The highest BCUT2D eigenvalue weighted by Crippen LogP contribution is 2.43. The Kier molecular flexibility index (Phi) is 3.79. The van der Waals surface area contributed by atoms with Gasteiger partial charge in [-0.1, -0.05) is 47.5 Å². The Morgan fingerprint density at radius 2 is 1.81 bits per heavy atom. The van der Waals surface area contributed by atoms with Crippen LogP contribution in [0.2, 0.25) is 10.0 Å². The molecule has 2 aromatic carbocycles. The van der Waals surface area contributed by atoms with Crippen LogP contribution in [0.3, 0.4) is 0 Å². The number of carbonyl (C=O) groups is 1. The molecule has 0 fully saturated rings. The quantitative estimate of drug-likeness (QED) is 0.889. The molecule has 108 valence electrons. The summed E-state index contributed by atoms with van der Waals surface area (Å²) >= 11 is 12.5. The number of halogens is 2. The van der Waals surface area contributed by atoms with Crippen molar-refractivity contribution < 1.29 is 14.6 Å². The van der Waals surface area contributed by atoms with E-state index in [9.17, 15) is 4.79 Å². The maximum absolute atomic E-state index is 11.2. The van der Waals surface area contributed by atoms with E-state index in [1.165, 1.54) is 0 Å². The van der Waals surface area contributed by atoms with Crippen LogP contribution in [-0.4, -0.2) is 17.2 Å². The maximum Gasteiger partial charge on any atom is 0.344 e. The molecule has 0 amide bonds. The first kappa shape index (κ1) is 14.2. The van der Waals surface area contributed by atoms with Crippen LogP contribution in [0, 0.1) is 0 Å². The molecule has 3 rings (SSSR count). The van der Waals surface area contributed by atoms with Gasteiger partial charge in [-0.05, 0) is 30.5 Å². The van der Waals surface area contributed by atoms with Crippen molar-refractivity contribution in [2.45, 2.75) is 18.9 Å². The minimum atomic E-state index is -0.958. The third-order valence-corrected chi connectivity index (χ3v) is 4.17. The summed E-state index contributed by atoms with van der Waals surface area (Å²) in [4.78, 5) is 11.2. The van der Waals surface area contributed by atoms with Crippen molar-refractivity contribution >= 4 is 29.2 Å². The number of rotatable bonds is 2. The molecule has 0 radical (unpaired) electrons.